The molecule has 7 heteroatoms. The minimum Gasteiger partial charge on any atom is -0.481 e. The largest absolute Gasteiger partial charge is 0.481 e. The average molecular weight is 250 g/mol. The lowest BCUT2D eigenvalue weighted by Gasteiger charge is -2.00. The van der Waals surface area contributed by atoms with Crippen LogP contribution in [-0.4, -0.2) is 26.0 Å². The highest BCUT2D eigenvalue weighted by atomic mass is 32.1. The molecule has 0 saturated heterocycles. The molecule has 0 aliphatic heterocycles. The lowest BCUT2D eigenvalue weighted by molar-refractivity contribution is -0.136. The second-order valence-corrected chi connectivity index (χ2v) is 4.22. The monoisotopic (exact) mass is 250 g/mol. The second kappa shape index (κ2) is 4.88. The highest BCUT2D eigenvalue weighted by Gasteiger charge is 2.07. The van der Waals surface area contributed by atoms with Crippen LogP contribution in [0.5, 0.6) is 0 Å². The molecular formula is C10H10N4O2S. The number of carboxylic acid groups (broad SMARTS) is 1. The van der Waals surface area contributed by atoms with Crippen molar-refractivity contribution in [3.05, 3.63) is 29.0 Å². The summed E-state index contributed by atoms with van der Waals surface area (Å²) in [5, 5.41) is 13.8. The SMILES string of the molecule is Cc1ccnc(Nc2nc(CC(=O)O)cs2)n1. The molecule has 0 fully saturated rings. The van der Waals surface area contributed by atoms with Crippen LogP contribution in [0.3, 0.4) is 0 Å². The Hall–Kier alpha value is -2.02. The molecule has 0 aliphatic rings. The van der Waals surface area contributed by atoms with Gasteiger partial charge in [-0.1, -0.05) is 0 Å². The molecule has 2 N–H and O–H groups in total. The minimum absolute atomic E-state index is 0.0765. The number of carbonyl (C=O) groups is 1. The molecular weight excluding hydrogens is 240 g/mol. The molecule has 88 valence electrons. The zero-order valence-electron chi connectivity index (χ0n) is 9.04. The van der Waals surface area contributed by atoms with Gasteiger partial charge in [0, 0.05) is 17.3 Å². The summed E-state index contributed by atoms with van der Waals surface area (Å²) in [6, 6.07) is 1.79. The summed E-state index contributed by atoms with van der Waals surface area (Å²) in [5.74, 6) is -0.435. The van der Waals surface area contributed by atoms with E-state index >= 15 is 0 Å². The number of nitrogens with one attached hydrogen (secondary N) is 1. The van der Waals surface area contributed by atoms with E-state index in [1.807, 2.05) is 6.92 Å². The third kappa shape index (κ3) is 3.22. The van der Waals surface area contributed by atoms with Crippen molar-refractivity contribution in [3.8, 4) is 0 Å². The maximum Gasteiger partial charge on any atom is 0.309 e. The van der Waals surface area contributed by atoms with E-state index < -0.39 is 5.97 Å². The Bertz CT molecular complexity index is 541. The minimum atomic E-state index is -0.895. The number of carboxylic acids is 1. The molecule has 0 aliphatic carbocycles. The van der Waals surface area contributed by atoms with Crippen LogP contribution in [0.25, 0.3) is 0 Å². The molecule has 0 amide bonds. The Morgan fingerprint density at radius 1 is 1.53 bits per heavy atom. The fraction of sp³-hybridized carbons (Fsp3) is 0.200. The van der Waals surface area contributed by atoms with E-state index in [4.69, 9.17) is 5.11 Å². The van der Waals surface area contributed by atoms with Gasteiger partial charge in [-0.15, -0.1) is 11.3 Å². The van der Waals surface area contributed by atoms with Crippen molar-refractivity contribution in [3.63, 3.8) is 0 Å². The maximum absolute atomic E-state index is 10.5. The van der Waals surface area contributed by atoms with Crippen molar-refractivity contribution >= 4 is 28.4 Å². The number of nitrogens with zero attached hydrogens (tertiary/aromatic N) is 3. The highest BCUT2D eigenvalue weighted by molar-refractivity contribution is 7.13. The highest BCUT2D eigenvalue weighted by Crippen LogP contribution is 2.18. The number of hydrogen-bond acceptors (Lipinski definition) is 6. The van der Waals surface area contributed by atoms with E-state index in [0.717, 1.165) is 5.69 Å². The average Bonchev–Trinajstić information content (AvgIpc) is 2.64. The van der Waals surface area contributed by atoms with Gasteiger partial charge in [0.2, 0.25) is 5.95 Å². The zero-order valence-corrected chi connectivity index (χ0v) is 9.86. The smallest absolute Gasteiger partial charge is 0.309 e. The Labute approximate surface area is 101 Å². The van der Waals surface area contributed by atoms with E-state index in [0.29, 0.717) is 16.8 Å². The van der Waals surface area contributed by atoms with Crippen LogP contribution in [0, 0.1) is 6.92 Å². The van der Waals surface area contributed by atoms with Gasteiger partial charge in [0.1, 0.15) is 0 Å². The molecule has 0 radical (unpaired) electrons. The number of aryl methyl sites for hydroxylation is 1. The van der Waals surface area contributed by atoms with Crippen molar-refractivity contribution in [2.45, 2.75) is 13.3 Å². The Balaban J connectivity index is 2.08. The van der Waals surface area contributed by atoms with Gasteiger partial charge >= 0.3 is 5.97 Å². The molecule has 0 saturated carbocycles. The third-order valence-electron chi connectivity index (χ3n) is 1.90. The fourth-order valence-corrected chi connectivity index (χ4v) is 1.91. The van der Waals surface area contributed by atoms with Crippen LogP contribution in [0.2, 0.25) is 0 Å². The standard InChI is InChI=1S/C10H10N4O2S/c1-6-2-3-11-9(12-6)14-10-13-7(5-17-10)4-8(15)16/h2-3,5H,4H2,1H3,(H,15,16)(H,11,12,13,14). The van der Waals surface area contributed by atoms with Crippen LogP contribution in [0.15, 0.2) is 17.6 Å². The molecule has 0 aromatic carbocycles. The molecule has 0 spiro atoms. The van der Waals surface area contributed by atoms with Gasteiger partial charge in [-0.05, 0) is 13.0 Å². The first-order valence-electron chi connectivity index (χ1n) is 4.86. The number of rotatable bonds is 4. The molecule has 17 heavy (non-hydrogen) atoms. The summed E-state index contributed by atoms with van der Waals surface area (Å²) < 4.78 is 0. The molecule has 0 bridgehead atoms. The fourth-order valence-electron chi connectivity index (χ4n) is 1.21. The van der Waals surface area contributed by atoms with Crippen LogP contribution in [0.1, 0.15) is 11.4 Å². The number of hydrogen-bond donors (Lipinski definition) is 2. The number of aliphatic carboxylic acids is 1. The van der Waals surface area contributed by atoms with Crippen molar-refractivity contribution < 1.29 is 9.90 Å². The van der Waals surface area contributed by atoms with E-state index in [2.05, 4.69) is 20.3 Å². The van der Waals surface area contributed by atoms with Gasteiger partial charge in [-0.25, -0.2) is 15.0 Å². The van der Waals surface area contributed by atoms with E-state index in [1.165, 1.54) is 11.3 Å². The summed E-state index contributed by atoms with van der Waals surface area (Å²) in [5.41, 5.74) is 1.38. The summed E-state index contributed by atoms with van der Waals surface area (Å²) in [6.45, 7) is 1.87. The first-order chi connectivity index (χ1) is 8.13. The van der Waals surface area contributed by atoms with Crippen LogP contribution < -0.4 is 5.32 Å². The molecule has 0 unspecified atom stereocenters. The molecule has 2 heterocycles. The predicted octanol–water partition coefficient (Wildman–Crippen LogP) is 1.61. The van der Waals surface area contributed by atoms with Crippen molar-refractivity contribution in [2.75, 3.05) is 5.32 Å². The predicted molar refractivity (Wildman–Crippen MR) is 63.5 cm³/mol. The Morgan fingerprint density at radius 2 is 2.35 bits per heavy atom. The van der Waals surface area contributed by atoms with Crippen LogP contribution >= 0.6 is 11.3 Å². The molecule has 2 aromatic heterocycles. The molecule has 6 nitrogen and oxygen atoms in total. The Morgan fingerprint density at radius 3 is 3.06 bits per heavy atom. The van der Waals surface area contributed by atoms with E-state index in [9.17, 15) is 4.79 Å². The lowest BCUT2D eigenvalue weighted by Crippen LogP contribution is -2.01. The molecule has 0 atom stereocenters. The van der Waals surface area contributed by atoms with Gasteiger partial charge in [0.15, 0.2) is 5.13 Å². The number of thiazole rings is 1. The topological polar surface area (TPSA) is 88.0 Å². The van der Waals surface area contributed by atoms with Gasteiger partial charge in [-0.2, -0.15) is 0 Å². The molecule has 2 aromatic rings. The summed E-state index contributed by atoms with van der Waals surface area (Å²) >= 11 is 1.33. The summed E-state index contributed by atoms with van der Waals surface area (Å²) in [6.07, 6.45) is 1.57. The van der Waals surface area contributed by atoms with E-state index in [-0.39, 0.29) is 6.42 Å². The van der Waals surface area contributed by atoms with Gasteiger partial charge in [0.05, 0.1) is 12.1 Å². The quantitative estimate of drug-likeness (QED) is 0.857. The number of anilines is 2. The van der Waals surface area contributed by atoms with Crippen LogP contribution in [-0.2, 0) is 11.2 Å². The van der Waals surface area contributed by atoms with Gasteiger partial charge in [0.25, 0.3) is 0 Å². The number of aromatic nitrogens is 3. The van der Waals surface area contributed by atoms with Crippen molar-refractivity contribution in [2.24, 2.45) is 0 Å². The molecule has 2 rings (SSSR count). The zero-order chi connectivity index (χ0) is 12.3. The van der Waals surface area contributed by atoms with Crippen molar-refractivity contribution in [1.82, 2.24) is 15.0 Å². The van der Waals surface area contributed by atoms with Gasteiger partial charge in [-0.3, -0.25) is 4.79 Å². The first kappa shape index (κ1) is 11.5. The van der Waals surface area contributed by atoms with E-state index in [1.54, 1.807) is 17.6 Å². The maximum atomic E-state index is 10.5. The second-order valence-electron chi connectivity index (χ2n) is 3.36. The normalized spacial score (nSPS) is 10.2. The lowest BCUT2D eigenvalue weighted by atomic mass is 10.3. The van der Waals surface area contributed by atoms with Crippen LogP contribution in [0.4, 0.5) is 11.1 Å². The summed E-state index contributed by atoms with van der Waals surface area (Å²) in [7, 11) is 0. The first-order valence-corrected chi connectivity index (χ1v) is 5.74. The van der Waals surface area contributed by atoms with Crippen molar-refractivity contribution in [1.29, 1.82) is 0 Å². The van der Waals surface area contributed by atoms with Gasteiger partial charge < -0.3 is 10.4 Å². The third-order valence-corrected chi connectivity index (χ3v) is 2.70. The summed E-state index contributed by atoms with van der Waals surface area (Å²) in [4.78, 5) is 22.8. The Kier molecular flexibility index (Phi) is 3.29.